The van der Waals surface area contributed by atoms with E-state index in [1.807, 2.05) is 20.8 Å². The van der Waals surface area contributed by atoms with Crippen molar-refractivity contribution < 1.29 is 4.21 Å². The Morgan fingerprint density at radius 3 is 2.50 bits per heavy atom. The minimum absolute atomic E-state index is 0.159. The molecule has 0 aromatic carbocycles. The van der Waals surface area contributed by atoms with Crippen molar-refractivity contribution in [2.24, 2.45) is 10.7 Å². The smallest absolute Gasteiger partial charge is 0.188 e. The van der Waals surface area contributed by atoms with Gasteiger partial charge in [-0.15, -0.1) is 0 Å². The molecule has 0 aliphatic heterocycles. The molecule has 0 rings (SSSR count). The second kappa shape index (κ2) is 9.36. The van der Waals surface area contributed by atoms with E-state index in [1.165, 1.54) is 19.3 Å². The van der Waals surface area contributed by atoms with E-state index in [9.17, 15) is 4.21 Å². The first-order chi connectivity index (χ1) is 8.38. The topological polar surface area (TPSA) is 67.5 Å². The summed E-state index contributed by atoms with van der Waals surface area (Å²) >= 11 is 0. The highest BCUT2D eigenvalue weighted by Crippen LogP contribution is 2.10. The first-order valence-corrected chi connectivity index (χ1v) is 8.12. The Balaban J connectivity index is 3.67. The van der Waals surface area contributed by atoms with Crippen LogP contribution in [0.15, 0.2) is 4.99 Å². The molecule has 0 fully saturated rings. The molecule has 3 N–H and O–H groups in total. The van der Waals surface area contributed by atoms with Crippen molar-refractivity contribution in [3.8, 4) is 0 Å². The van der Waals surface area contributed by atoms with Crippen molar-refractivity contribution in [2.45, 2.75) is 58.1 Å². The Morgan fingerprint density at radius 2 is 1.94 bits per heavy atom. The van der Waals surface area contributed by atoms with Crippen LogP contribution in [0.25, 0.3) is 0 Å². The fraction of sp³-hybridized carbons (Fsp3) is 0.923. The Hall–Kier alpha value is -0.580. The third kappa shape index (κ3) is 9.45. The highest BCUT2D eigenvalue weighted by Gasteiger charge is 2.18. The standard InChI is InChI=1S/C13H29N3OS/c1-5-6-7-8-9-15-12(14)16-10-11-18(17)13(2,3)4/h5-11H2,1-4H3,(H3,14,15,16). The molecule has 108 valence electrons. The van der Waals surface area contributed by atoms with Gasteiger partial charge in [-0.2, -0.15) is 0 Å². The largest absolute Gasteiger partial charge is 0.370 e. The summed E-state index contributed by atoms with van der Waals surface area (Å²) in [5.74, 6) is 1.08. The number of hydrogen-bond donors (Lipinski definition) is 2. The summed E-state index contributed by atoms with van der Waals surface area (Å²) in [6, 6.07) is 0. The van der Waals surface area contributed by atoms with Gasteiger partial charge in [0.1, 0.15) is 0 Å². The number of rotatable bonds is 8. The summed E-state index contributed by atoms with van der Waals surface area (Å²) in [6.07, 6.45) is 4.79. The van der Waals surface area contributed by atoms with Crippen molar-refractivity contribution in [1.82, 2.24) is 5.32 Å². The Bertz CT molecular complexity index is 272. The van der Waals surface area contributed by atoms with Gasteiger partial charge in [0.15, 0.2) is 5.96 Å². The molecule has 18 heavy (non-hydrogen) atoms. The highest BCUT2D eigenvalue weighted by atomic mass is 32.2. The Morgan fingerprint density at radius 1 is 1.28 bits per heavy atom. The lowest BCUT2D eigenvalue weighted by Gasteiger charge is -2.17. The van der Waals surface area contributed by atoms with Crippen molar-refractivity contribution in [1.29, 1.82) is 0 Å². The van der Waals surface area contributed by atoms with E-state index in [-0.39, 0.29) is 4.75 Å². The highest BCUT2D eigenvalue weighted by molar-refractivity contribution is 7.86. The molecule has 1 atom stereocenters. The zero-order valence-electron chi connectivity index (χ0n) is 12.3. The van der Waals surface area contributed by atoms with Crippen molar-refractivity contribution in [3.05, 3.63) is 0 Å². The molecule has 0 aromatic rings. The lowest BCUT2D eigenvalue weighted by molar-refractivity contribution is 0.647. The maximum Gasteiger partial charge on any atom is 0.188 e. The molecule has 0 aliphatic rings. The van der Waals surface area contributed by atoms with E-state index in [2.05, 4.69) is 17.2 Å². The van der Waals surface area contributed by atoms with Crippen LogP contribution in [0.1, 0.15) is 53.4 Å². The molecule has 5 heteroatoms. The van der Waals surface area contributed by atoms with Gasteiger partial charge < -0.3 is 11.1 Å². The number of nitrogens with zero attached hydrogens (tertiary/aromatic N) is 1. The number of unbranched alkanes of at least 4 members (excludes halogenated alkanes) is 3. The lowest BCUT2D eigenvalue weighted by atomic mass is 10.2. The fourth-order valence-electron chi connectivity index (χ4n) is 1.37. The van der Waals surface area contributed by atoms with Gasteiger partial charge in [0.25, 0.3) is 0 Å². The maximum atomic E-state index is 11.8. The molecule has 0 bridgehead atoms. The zero-order chi connectivity index (χ0) is 14.0. The van der Waals surface area contributed by atoms with Crippen LogP contribution in [0.3, 0.4) is 0 Å². The van der Waals surface area contributed by atoms with Gasteiger partial charge in [-0.25, -0.2) is 0 Å². The minimum atomic E-state index is -0.837. The summed E-state index contributed by atoms with van der Waals surface area (Å²) in [7, 11) is -0.837. The second-order valence-electron chi connectivity index (χ2n) is 5.42. The van der Waals surface area contributed by atoms with Gasteiger partial charge in [0, 0.05) is 34.4 Å². The molecule has 0 saturated heterocycles. The van der Waals surface area contributed by atoms with E-state index in [0.29, 0.717) is 18.3 Å². The van der Waals surface area contributed by atoms with Crippen molar-refractivity contribution >= 4 is 16.8 Å². The quantitative estimate of drug-likeness (QED) is 0.404. The van der Waals surface area contributed by atoms with Gasteiger partial charge in [-0.1, -0.05) is 26.2 Å². The predicted octanol–water partition coefficient (Wildman–Crippen LogP) is 2.02. The SMILES string of the molecule is CCCCCCN=C(N)NCCS(=O)C(C)(C)C. The molecular formula is C13H29N3OS. The van der Waals surface area contributed by atoms with Crippen LogP contribution in [0.4, 0.5) is 0 Å². The number of guanidine groups is 1. The third-order valence-electron chi connectivity index (χ3n) is 2.57. The van der Waals surface area contributed by atoms with Crippen LogP contribution in [-0.4, -0.2) is 33.8 Å². The molecule has 0 radical (unpaired) electrons. The number of aliphatic imine (C=N–C) groups is 1. The summed E-state index contributed by atoms with van der Waals surface area (Å²) < 4.78 is 11.6. The van der Waals surface area contributed by atoms with E-state index >= 15 is 0 Å². The zero-order valence-corrected chi connectivity index (χ0v) is 13.1. The maximum absolute atomic E-state index is 11.8. The van der Waals surface area contributed by atoms with E-state index in [0.717, 1.165) is 13.0 Å². The molecule has 1 unspecified atom stereocenters. The van der Waals surface area contributed by atoms with E-state index in [4.69, 9.17) is 5.73 Å². The van der Waals surface area contributed by atoms with Crippen LogP contribution < -0.4 is 11.1 Å². The van der Waals surface area contributed by atoms with Gasteiger partial charge in [-0.3, -0.25) is 9.20 Å². The van der Waals surface area contributed by atoms with Crippen LogP contribution in [0.5, 0.6) is 0 Å². The summed E-state index contributed by atoms with van der Waals surface area (Å²) in [6.45, 7) is 9.53. The normalized spacial score (nSPS) is 14.6. The predicted molar refractivity (Wildman–Crippen MR) is 81.4 cm³/mol. The second-order valence-corrected chi connectivity index (χ2v) is 7.74. The van der Waals surface area contributed by atoms with Crippen LogP contribution in [0, 0.1) is 0 Å². The van der Waals surface area contributed by atoms with Gasteiger partial charge >= 0.3 is 0 Å². The monoisotopic (exact) mass is 275 g/mol. The van der Waals surface area contributed by atoms with Crippen LogP contribution in [0.2, 0.25) is 0 Å². The van der Waals surface area contributed by atoms with Crippen molar-refractivity contribution in [3.63, 3.8) is 0 Å². The minimum Gasteiger partial charge on any atom is -0.370 e. The molecule has 0 heterocycles. The van der Waals surface area contributed by atoms with Gasteiger partial charge in [-0.05, 0) is 27.2 Å². The Labute approximate surface area is 114 Å². The molecule has 0 aliphatic carbocycles. The average molecular weight is 275 g/mol. The van der Waals surface area contributed by atoms with Crippen molar-refractivity contribution in [2.75, 3.05) is 18.8 Å². The average Bonchev–Trinajstić information content (AvgIpc) is 2.27. The molecule has 0 aromatic heterocycles. The molecular weight excluding hydrogens is 246 g/mol. The molecule has 0 saturated carbocycles. The summed E-state index contributed by atoms with van der Waals surface area (Å²) in [5, 5.41) is 3.01. The van der Waals surface area contributed by atoms with Crippen LogP contribution in [-0.2, 0) is 10.8 Å². The van der Waals surface area contributed by atoms with Gasteiger partial charge in [0.2, 0.25) is 0 Å². The number of nitrogens with two attached hydrogens (primary N) is 1. The summed E-state index contributed by atoms with van der Waals surface area (Å²) in [5.41, 5.74) is 5.72. The first kappa shape index (κ1) is 17.4. The third-order valence-corrected chi connectivity index (χ3v) is 4.51. The van der Waals surface area contributed by atoms with E-state index in [1.54, 1.807) is 0 Å². The lowest BCUT2D eigenvalue weighted by Crippen LogP contribution is -2.36. The Kier molecular flexibility index (Phi) is 9.06. The fourth-order valence-corrected chi connectivity index (χ4v) is 2.27. The first-order valence-electron chi connectivity index (χ1n) is 6.80. The number of hydrogen-bond acceptors (Lipinski definition) is 2. The van der Waals surface area contributed by atoms with E-state index < -0.39 is 10.8 Å². The molecule has 0 spiro atoms. The summed E-state index contributed by atoms with van der Waals surface area (Å²) in [4.78, 5) is 4.24. The number of nitrogens with one attached hydrogen (secondary N) is 1. The molecule has 0 amide bonds. The van der Waals surface area contributed by atoms with Crippen LogP contribution >= 0.6 is 0 Å². The van der Waals surface area contributed by atoms with Gasteiger partial charge in [0.05, 0.1) is 0 Å². The molecule has 4 nitrogen and oxygen atoms in total.